The molecular weight excluding hydrogens is 388 g/mol. The van der Waals surface area contributed by atoms with E-state index >= 15 is 0 Å². The fourth-order valence-electron chi connectivity index (χ4n) is 4.04. The van der Waals surface area contributed by atoms with Crippen LogP contribution in [0.15, 0.2) is 24.3 Å². The van der Waals surface area contributed by atoms with E-state index in [0.717, 1.165) is 36.8 Å². The van der Waals surface area contributed by atoms with Crippen molar-refractivity contribution in [1.82, 2.24) is 0 Å². The summed E-state index contributed by atoms with van der Waals surface area (Å²) >= 11 is 0. The van der Waals surface area contributed by atoms with Gasteiger partial charge in [-0.2, -0.15) is 0 Å². The zero-order valence-corrected chi connectivity index (χ0v) is 19.7. The molecule has 0 atom stereocenters. The van der Waals surface area contributed by atoms with E-state index in [-0.39, 0.29) is 5.97 Å². The maximum Gasteiger partial charge on any atom is 0.338 e. The first kappa shape index (κ1) is 27.2. The van der Waals surface area contributed by atoms with Crippen molar-refractivity contribution >= 4 is 11.9 Å². The Hall–Kier alpha value is -1.84. The highest BCUT2D eigenvalue weighted by atomic mass is 16.5. The van der Waals surface area contributed by atoms with Crippen LogP contribution in [0.25, 0.3) is 0 Å². The van der Waals surface area contributed by atoms with Gasteiger partial charge in [-0.25, -0.2) is 4.79 Å². The second kappa shape index (κ2) is 18.9. The predicted molar refractivity (Wildman–Crippen MR) is 128 cm³/mol. The van der Waals surface area contributed by atoms with Gasteiger partial charge in [-0.1, -0.05) is 102 Å². The standard InChI is InChI=1S/C27H44O4/c1-2-31-27(30)25-22-19-18-21-24(25)20-16-14-12-10-8-6-4-3-5-7-9-11-13-15-17-23-26(28)29/h18-19,21-22H,2-17,20,23H2,1H3,(H,28,29). The van der Waals surface area contributed by atoms with Crippen LogP contribution in [-0.4, -0.2) is 23.7 Å². The Kier molecular flexibility index (Phi) is 16.6. The number of hydrogen-bond acceptors (Lipinski definition) is 3. The lowest BCUT2D eigenvalue weighted by molar-refractivity contribution is -0.137. The fourth-order valence-corrected chi connectivity index (χ4v) is 4.04. The van der Waals surface area contributed by atoms with Gasteiger partial charge in [0.15, 0.2) is 0 Å². The molecule has 0 saturated carbocycles. The van der Waals surface area contributed by atoms with Crippen LogP contribution >= 0.6 is 0 Å². The molecule has 1 aromatic carbocycles. The van der Waals surface area contributed by atoms with Gasteiger partial charge in [-0.15, -0.1) is 0 Å². The number of hydrogen-bond donors (Lipinski definition) is 1. The number of benzene rings is 1. The molecular formula is C27H44O4. The lowest BCUT2D eigenvalue weighted by atomic mass is 10.00. The number of carboxylic acid groups (broad SMARTS) is 1. The third-order valence-electron chi connectivity index (χ3n) is 5.85. The van der Waals surface area contributed by atoms with Gasteiger partial charge in [-0.3, -0.25) is 4.79 Å². The van der Waals surface area contributed by atoms with Gasteiger partial charge < -0.3 is 9.84 Å². The minimum absolute atomic E-state index is 0.200. The molecule has 1 aromatic rings. The summed E-state index contributed by atoms with van der Waals surface area (Å²) in [6.45, 7) is 2.26. The average molecular weight is 433 g/mol. The molecule has 31 heavy (non-hydrogen) atoms. The minimum Gasteiger partial charge on any atom is -0.481 e. The summed E-state index contributed by atoms with van der Waals surface area (Å²) in [4.78, 5) is 22.5. The maximum atomic E-state index is 12.0. The number of carbonyl (C=O) groups excluding carboxylic acids is 1. The summed E-state index contributed by atoms with van der Waals surface area (Å²) in [5.74, 6) is -0.870. The van der Waals surface area contributed by atoms with Crippen molar-refractivity contribution in [3.63, 3.8) is 0 Å². The van der Waals surface area contributed by atoms with Crippen LogP contribution in [0.4, 0.5) is 0 Å². The SMILES string of the molecule is CCOC(=O)c1ccccc1CCCCCCCCCCCCCCCCCC(=O)O. The Labute approximate surface area is 189 Å². The predicted octanol–water partition coefficient (Wildman–Crippen LogP) is 7.73. The number of ether oxygens (including phenoxy) is 1. The molecule has 0 bridgehead atoms. The summed E-state index contributed by atoms with van der Waals surface area (Å²) in [7, 11) is 0. The smallest absolute Gasteiger partial charge is 0.338 e. The Bertz CT molecular complexity index is 597. The molecule has 4 nitrogen and oxygen atoms in total. The first-order valence-corrected chi connectivity index (χ1v) is 12.6. The Morgan fingerprint density at radius 3 is 1.65 bits per heavy atom. The van der Waals surface area contributed by atoms with Gasteiger partial charge in [0.2, 0.25) is 0 Å². The van der Waals surface area contributed by atoms with E-state index in [1.807, 2.05) is 31.2 Å². The van der Waals surface area contributed by atoms with Crippen LogP contribution in [0.3, 0.4) is 0 Å². The summed E-state index contributed by atoms with van der Waals surface area (Å²) in [5, 5.41) is 8.60. The second-order valence-electron chi connectivity index (χ2n) is 8.57. The molecule has 0 amide bonds. The summed E-state index contributed by atoms with van der Waals surface area (Å²) in [6.07, 6.45) is 19.9. The van der Waals surface area contributed by atoms with E-state index in [1.165, 1.54) is 77.0 Å². The zero-order valence-electron chi connectivity index (χ0n) is 19.7. The number of unbranched alkanes of at least 4 members (excludes halogenated alkanes) is 14. The largest absolute Gasteiger partial charge is 0.481 e. The van der Waals surface area contributed by atoms with E-state index in [1.54, 1.807) is 0 Å². The van der Waals surface area contributed by atoms with Crippen LogP contribution < -0.4 is 0 Å². The second-order valence-corrected chi connectivity index (χ2v) is 8.57. The summed E-state index contributed by atoms with van der Waals surface area (Å²) in [5.41, 5.74) is 1.84. The highest BCUT2D eigenvalue weighted by molar-refractivity contribution is 5.91. The highest BCUT2D eigenvalue weighted by Crippen LogP contribution is 2.16. The van der Waals surface area contributed by atoms with Crippen LogP contribution in [0, 0.1) is 0 Å². The van der Waals surface area contributed by atoms with Crippen LogP contribution in [0.1, 0.15) is 126 Å². The van der Waals surface area contributed by atoms with Crippen molar-refractivity contribution in [2.75, 3.05) is 6.61 Å². The Morgan fingerprint density at radius 1 is 0.710 bits per heavy atom. The monoisotopic (exact) mass is 432 g/mol. The number of aliphatic carboxylic acids is 1. The van der Waals surface area contributed by atoms with Crippen molar-refractivity contribution < 1.29 is 19.4 Å². The highest BCUT2D eigenvalue weighted by Gasteiger charge is 2.11. The number of esters is 1. The summed E-state index contributed by atoms with van der Waals surface area (Å²) in [6, 6.07) is 7.82. The minimum atomic E-state index is -0.670. The molecule has 1 N–H and O–H groups in total. The third-order valence-corrected chi connectivity index (χ3v) is 5.85. The average Bonchev–Trinajstić information content (AvgIpc) is 2.76. The molecule has 1 rings (SSSR count). The normalized spacial score (nSPS) is 10.9. The van der Waals surface area contributed by atoms with Gasteiger partial charge in [0.05, 0.1) is 12.2 Å². The quantitative estimate of drug-likeness (QED) is 0.169. The van der Waals surface area contributed by atoms with Crippen molar-refractivity contribution in [2.45, 2.75) is 116 Å². The van der Waals surface area contributed by atoms with E-state index in [9.17, 15) is 9.59 Å². The van der Waals surface area contributed by atoms with Gasteiger partial charge in [0.1, 0.15) is 0 Å². The molecule has 0 aliphatic rings. The van der Waals surface area contributed by atoms with Crippen LogP contribution in [0.2, 0.25) is 0 Å². The molecule has 0 saturated heterocycles. The lowest BCUT2D eigenvalue weighted by Crippen LogP contribution is -2.08. The third kappa shape index (κ3) is 14.7. The molecule has 0 fully saturated rings. The first-order chi connectivity index (χ1) is 15.1. The lowest BCUT2D eigenvalue weighted by Gasteiger charge is -2.08. The fraction of sp³-hybridized carbons (Fsp3) is 0.704. The van der Waals surface area contributed by atoms with Crippen LogP contribution in [0.5, 0.6) is 0 Å². The van der Waals surface area contributed by atoms with Gasteiger partial charge in [-0.05, 0) is 37.8 Å². The maximum absolute atomic E-state index is 12.0. The molecule has 0 unspecified atom stereocenters. The number of aryl methyl sites for hydroxylation is 1. The molecule has 0 aliphatic heterocycles. The number of carboxylic acids is 1. The molecule has 0 spiro atoms. The molecule has 0 radical (unpaired) electrons. The van der Waals surface area contributed by atoms with Crippen molar-refractivity contribution in [1.29, 1.82) is 0 Å². The molecule has 0 heterocycles. The van der Waals surface area contributed by atoms with Gasteiger partial charge >= 0.3 is 11.9 Å². The van der Waals surface area contributed by atoms with Crippen LogP contribution in [-0.2, 0) is 16.0 Å². The Morgan fingerprint density at radius 2 is 1.16 bits per heavy atom. The molecule has 176 valence electrons. The van der Waals surface area contributed by atoms with Gasteiger partial charge in [0, 0.05) is 6.42 Å². The molecule has 0 aromatic heterocycles. The first-order valence-electron chi connectivity index (χ1n) is 12.6. The van der Waals surface area contributed by atoms with E-state index < -0.39 is 5.97 Å². The molecule has 4 heteroatoms. The van der Waals surface area contributed by atoms with E-state index in [2.05, 4.69) is 0 Å². The number of rotatable bonds is 20. The molecule has 0 aliphatic carbocycles. The van der Waals surface area contributed by atoms with Crippen molar-refractivity contribution in [3.05, 3.63) is 35.4 Å². The zero-order chi connectivity index (χ0) is 22.6. The van der Waals surface area contributed by atoms with Gasteiger partial charge in [0.25, 0.3) is 0 Å². The summed E-state index contributed by atoms with van der Waals surface area (Å²) < 4.78 is 5.15. The van der Waals surface area contributed by atoms with Crippen molar-refractivity contribution in [3.8, 4) is 0 Å². The topological polar surface area (TPSA) is 63.6 Å². The Balaban J connectivity index is 1.89. The van der Waals surface area contributed by atoms with E-state index in [0.29, 0.717) is 13.0 Å². The number of carbonyl (C=O) groups is 2. The van der Waals surface area contributed by atoms with E-state index in [4.69, 9.17) is 9.84 Å². The van der Waals surface area contributed by atoms with Crippen molar-refractivity contribution in [2.24, 2.45) is 0 Å².